The Balaban J connectivity index is 1.43. The van der Waals surface area contributed by atoms with Gasteiger partial charge in [0.1, 0.15) is 12.1 Å². The molecule has 2 aromatic heterocycles. The number of rotatable bonds is 6. The topological polar surface area (TPSA) is 120 Å². The van der Waals surface area contributed by atoms with Crippen molar-refractivity contribution >= 4 is 28.3 Å². The molecule has 38 heavy (non-hydrogen) atoms. The minimum Gasteiger partial charge on any atom is -0.390 e. The number of anilines is 2. The van der Waals surface area contributed by atoms with Gasteiger partial charge < -0.3 is 15.3 Å². The SMILES string of the molecule is CC(C)c1c(C#N)cccc1C(=O)Nc1ccc2cnn(-c3cc(N4CC[C@H](C(C)(C)O)C4)ncn3)c2c1. The van der Waals surface area contributed by atoms with Gasteiger partial charge in [-0.3, -0.25) is 4.79 Å². The molecule has 1 atom stereocenters. The molecule has 1 saturated heterocycles. The van der Waals surface area contributed by atoms with E-state index in [0.29, 0.717) is 22.6 Å². The number of nitrogens with zero attached hydrogens (tertiary/aromatic N) is 6. The highest BCUT2D eigenvalue weighted by Crippen LogP contribution is 2.31. The summed E-state index contributed by atoms with van der Waals surface area (Å²) in [6.45, 7) is 9.18. The number of carbonyl (C=O) groups excluding carboxylic acids is 1. The number of benzene rings is 2. The van der Waals surface area contributed by atoms with E-state index in [0.717, 1.165) is 41.8 Å². The maximum absolute atomic E-state index is 13.2. The highest BCUT2D eigenvalue weighted by molar-refractivity contribution is 6.06. The average molecular weight is 510 g/mol. The van der Waals surface area contributed by atoms with E-state index in [1.54, 1.807) is 29.1 Å². The molecule has 0 saturated carbocycles. The van der Waals surface area contributed by atoms with Crippen LogP contribution in [0.5, 0.6) is 0 Å². The molecule has 0 spiro atoms. The number of nitrogens with one attached hydrogen (secondary N) is 1. The van der Waals surface area contributed by atoms with Gasteiger partial charge in [-0.05, 0) is 62.1 Å². The summed E-state index contributed by atoms with van der Waals surface area (Å²) < 4.78 is 1.73. The highest BCUT2D eigenvalue weighted by atomic mass is 16.3. The van der Waals surface area contributed by atoms with Crippen LogP contribution in [0.25, 0.3) is 16.7 Å². The van der Waals surface area contributed by atoms with Gasteiger partial charge in [0.2, 0.25) is 0 Å². The number of carbonyl (C=O) groups is 1. The predicted octanol–water partition coefficient (Wildman–Crippen LogP) is 4.66. The summed E-state index contributed by atoms with van der Waals surface area (Å²) in [6, 6.07) is 14.9. The third kappa shape index (κ3) is 4.83. The number of amides is 1. The van der Waals surface area contributed by atoms with Crippen LogP contribution in [-0.2, 0) is 0 Å². The van der Waals surface area contributed by atoms with E-state index in [1.165, 1.54) is 6.33 Å². The number of hydrogen-bond acceptors (Lipinski definition) is 7. The van der Waals surface area contributed by atoms with Crippen molar-refractivity contribution in [3.8, 4) is 11.9 Å². The van der Waals surface area contributed by atoms with Crippen molar-refractivity contribution in [2.75, 3.05) is 23.3 Å². The summed E-state index contributed by atoms with van der Waals surface area (Å²) in [7, 11) is 0. The van der Waals surface area contributed by atoms with Crippen molar-refractivity contribution in [3.63, 3.8) is 0 Å². The smallest absolute Gasteiger partial charge is 0.255 e. The quantitative estimate of drug-likeness (QED) is 0.388. The van der Waals surface area contributed by atoms with Crippen molar-refractivity contribution in [2.24, 2.45) is 5.92 Å². The lowest BCUT2D eigenvalue weighted by Gasteiger charge is -2.25. The van der Waals surface area contributed by atoms with E-state index in [2.05, 4.69) is 31.4 Å². The number of fused-ring (bicyclic) bond motifs is 1. The van der Waals surface area contributed by atoms with E-state index in [-0.39, 0.29) is 17.7 Å². The van der Waals surface area contributed by atoms with Crippen molar-refractivity contribution < 1.29 is 9.90 Å². The third-order valence-corrected chi connectivity index (χ3v) is 7.24. The van der Waals surface area contributed by atoms with Crippen LogP contribution in [0, 0.1) is 17.2 Å². The van der Waals surface area contributed by atoms with Crippen molar-refractivity contribution in [2.45, 2.75) is 45.6 Å². The van der Waals surface area contributed by atoms with E-state index in [4.69, 9.17) is 0 Å². The molecule has 0 unspecified atom stereocenters. The zero-order valence-electron chi connectivity index (χ0n) is 22.0. The second-order valence-corrected chi connectivity index (χ2v) is 10.6. The van der Waals surface area contributed by atoms with E-state index in [1.807, 2.05) is 52.0 Å². The molecule has 3 heterocycles. The standard InChI is InChI=1S/C29H31N7O2/c1-18(2)27-19(14-30)6-5-7-23(27)28(37)34-22-9-8-20-15-33-36(24(20)12-22)26-13-25(31-17-32-26)35-11-10-21(16-35)29(3,4)38/h5-9,12-13,15,17-18,21,38H,10-11,16H2,1-4H3,(H,34,37)/t21-/m0/s1. The molecule has 1 aliphatic rings. The lowest BCUT2D eigenvalue weighted by Crippen LogP contribution is -2.33. The molecule has 1 amide bonds. The molecule has 2 N–H and O–H groups in total. The van der Waals surface area contributed by atoms with Gasteiger partial charge in [-0.2, -0.15) is 10.4 Å². The molecule has 9 nitrogen and oxygen atoms in total. The van der Waals surface area contributed by atoms with Gasteiger partial charge in [0.25, 0.3) is 5.91 Å². The fourth-order valence-electron chi connectivity index (χ4n) is 5.13. The fourth-order valence-corrected chi connectivity index (χ4v) is 5.13. The van der Waals surface area contributed by atoms with Crippen LogP contribution in [0.4, 0.5) is 11.5 Å². The molecule has 2 aromatic carbocycles. The average Bonchev–Trinajstić information content (AvgIpc) is 3.56. The van der Waals surface area contributed by atoms with Crippen LogP contribution < -0.4 is 10.2 Å². The minimum absolute atomic E-state index is 0.0248. The van der Waals surface area contributed by atoms with Gasteiger partial charge in [0.05, 0.1) is 28.9 Å². The maximum atomic E-state index is 13.2. The molecular weight excluding hydrogens is 478 g/mol. The van der Waals surface area contributed by atoms with E-state index < -0.39 is 5.60 Å². The number of aliphatic hydroxyl groups is 1. The minimum atomic E-state index is -0.741. The van der Waals surface area contributed by atoms with E-state index in [9.17, 15) is 15.2 Å². The van der Waals surface area contributed by atoms with Crippen LogP contribution in [-0.4, -0.2) is 49.5 Å². The monoisotopic (exact) mass is 509 g/mol. The molecule has 9 heteroatoms. The maximum Gasteiger partial charge on any atom is 0.255 e. The van der Waals surface area contributed by atoms with Crippen LogP contribution in [0.2, 0.25) is 0 Å². The molecule has 0 radical (unpaired) electrons. The summed E-state index contributed by atoms with van der Waals surface area (Å²) in [5.41, 5.74) is 2.40. The summed E-state index contributed by atoms with van der Waals surface area (Å²) in [6.07, 6.45) is 4.18. The molecular formula is C29H31N7O2. The molecule has 194 valence electrons. The molecule has 5 rings (SSSR count). The van der Waals surface area contributed by atoms with Crippen LogP contribution >= 0.6 is 0 Å². The van der Waals surface area contributed by atoms with Gasteiger partial charge in [-0.1, -0.05) is 19.9 Å². The Morgan fingerprint density at radius 2 is 1.97 bits per heavy atom. The molecule has 1 aliphatic heterocycles. The van der Waals surface area contributed by atoms with E-state index >= 15 is 0 Å². The number of hydrogen-bond donors (Lipinski definition) is 2. The number of nitriles is 1. The number of aromatic nitrogens is 4. The first-order chi connectivity index (χ1) is 18.2. The second kappa shape index (κ2) is 9.88. The molecule has 0 bridgehead atoms. The van der Waals surface area contributed by atoms with Crippen molar-refractivity contribution in [1.29, 1.82) is 5.26 Å². The van der Waals surface area contributed by atoms with Gasteiger partial charge >= 0.3 is 0 Å². The zero-order chi connectivity index (χ0) is 27.0. The van der Waals surface area contributed by atoms with Crippen LogP contribution in [0.1, 0.15) is 61.5 Å². The van der Waals surface area contributed by atoms with Crippen molar-refractivity contribution in [1.82, 2.24) is 19.7 Å². The van der Waals surface area contributed by atoms with Gasteiger partial charge in [0, 0.05) is 41.7 Å². The Kier molecular flexibility index (Phi) is 6.59. The Morgan fingerprint density at radius 3 is 2.68 bits per heavy atom. The first-order valence-corrected chi connectivity index (χ1v) is 12.8. The fraction of sp³-hybridized carbons (Fsp3) is 0.345. The third-order valence-electron chi connectivity index (χ3n) is 7.24. The summed E-state index contributed by atoms with van der Waals surface area (Å²) >= 11 is 0. The summed E-state index contributed by atoms with van der Waals surface area (Å²) in [5, 5.41) is 28.4. The predicted molar refractivity (Wildman–Crippen MR) is 146 cm³/mol. The molecule has 0 aliphatic carbocycles. The first-order valence-electron chi connectivity index (χ1n) is 12.8. The molecule has 1 fully saturated rings. The Bertz CT molecular complexity index is 1540. The van der Waals surface area contributed by atoms with Crippen molar-refractivity contribution in [3.05, 3.63) is 71.7 Å². The van der Waals surface area contributed by atoms with Gasteiger partial charge in [-0.25, -0.2) is 14.6 Å². The van der Waals surface area contributed by atoms with Gasteiger partial charge in [0.15, 0.2) is 5.82 Å². The second-order valence-electron chi connectivity index (χ2n) is 10.6. The zero-order valence-corrected chi connectivity index (χ0v) is 22.0. The molecule has 4 aromatic rings. The largest absolute Gasteiger partial charge is 0.390 e. The summed E-state index contributed by atoms with van der Waals surface area (Å²) in [5.74, 6) is 1.33. The lowest BCUT2D eigenvalue weighted by molar-refractivity contribution is 0.0263. The lowest BCUT2D eigenvalue weighted by atomic mass is 9.90. The first kappa shape index (κ1) is 25.4. The van der Waals surface area contributed by atoms with Crippen LogP contribution in [0.15, 0.2) is 55.0 Å². The Hall–Kier alpha value is -4.29. The Morgan fingerprint density at radius 1 is 1.18 bits per heavy atom. The Labute approximate surface area is 221 Å². The van der Waals surface area contributed by atoms with Crippen LogP contribution in [0.3, 0.4) is 0 Å². The highest BCUT2D eigenvalue weighted by Gasteiger charge is 2.34. The van der Waals surface area contributed by atoms with Gasteiger partial charge in [-0.15, -0.1) is 0 Å². The normalized spacial score (nSPS) is 15.7. The summed E-state index contributed by atoms with van der Waals surface area (Å²) in [4.78, 5) is 24.3.